The van der Waals surface area contributed by atoms with E-state index in [-0.39, 0.29) is 11.7 Å². The van der Waals surface area contributed by atoms with E-state index < -0.39 is 0 Å². The molecule has 0 saturated heterocycles. The number of amides is 1. The van der Waals surface area contributed by atoms with Crippen LogP contribution in [0.2, 0.25) is 0 Å². The molecule has 0 aliphatic heterocycles. The molecule has 1 aliphatic carbocycles. The molecule has 2 aromatic heterocycles. The highest BCUT2D eigenvalue weighted by atomic mass is 79.9. The van der Waals surface area contributed by atoms with Crippen molar-refractivity contribution in [2.24, 2.45) is 0 Å². The molecule has 3 aromatic rings. The van der Waals surface area contributed by atoms with Crippen LogP contribution in [0.1, 0.15) is 31.7 Å². The number of carbonyl (C=O) groups is 1. The molecular weight excluding hydrogens is 428 g/mol. The highest BCUT2D eigenvalue weighted by Gasteiger charge is 2.20. The summed E-state index contributed by atoms with van der Waals surface area (Å²) in [6.45, 7) is 0. The van der Waals surface area contributed by atoms with Crippen LogP contribution in [0.15, 0.2) is 46.2 Å². The van der Waals surface area contributed by atoms with Crippen molar-refractivity contribution in [1.29, 1.82) is 0 Å². The molecule has 1 saturated carbocycles. The number of benzene rings is 1. The standard InChI is InChI=1S/C18H19BrN6OS/c19-14-8-4-3-7-13(14)17-22-18(24-23-17)27-11-16(26)21-15-9-10-20-25(15)12-5-1-2-6-12/h3-4,7-10,12H,1-2,5-6,11H2,(H,21,26)(H,22,23,24). The maximum absolute atomic E-state index is 12.3. The van der Waals surface area contributed by atoms with Crippen LogP contribution >= 0.6 is 27.7 Å². The molecule has 0 unspecified atom stereocenters. The Labute approximate surface area is 169 Å². The van der Waals surface area contributed by atoms with Crippen molar-refractivity contribution < 1.29 is 4.79 Å². The number of nitrogens with zero attached hydrogens (tertiary/aromatic N) is 4. The summed E-state index contributed by atoms with van der Waals surface area (Å²) in [6.07, 6.45) is 6.42. The fourth-order valence-electron chi connectivity index (χ4n) is 3.25. The predicted octanol–water partition coefficient (Wildman–Crippen LogP) is 4.28. The molecule has 2 N–H and O–H groups in total. The zero-order chi connectivity index (χ0) is 18.6. The maximum Gasteiger partial charge on any atom is 0.235 e. The van der Waals surface area contributed by atoms with E-state index in [9.17, 15) is 4.79 Å². The van der Waals surface area contributed by atoms with Gasteiger partial charge in [0.2, 0.25) is 11.1 Å². The molecule has 0 radical (unpaired) electrons. The number of aromatic amines is 1. The van der Waals surface area contributed by atoms with Crippen molar-refractivity contribution in [3.8, 4) is 11.4 Å². The van der Waals surface area contributed by atoms with Crippen molar-refractivity contribution >= 4 is 39.4 Å². The molecule has 4 rings (SSSR count). The number of hydrogen-bond acceptors (Lipinski definition) is 5. The molecule has 1 aliphatic rings. The topological polar surface area (TPSA) is 88.5 Å². The molecule has 140 valence electrons. The Bertz CT molecular complexity index is 933. The van der Waals surface area contributed by atoms with Gasteiger partial charge in [0.1, 0.15) is 5.82 Å². The van der Waals surface area contributed by atoms with Gasteiger partial charge in [0.25, 0.3) is 0 Å². The molecule has 27 heavy (non-hydrogen) atoms. The molecular formula is C18H19BrN6OS. The minimum absolute atomic E-state index is 0.0908. The number of H-pyrrole nitrogens is 1. The highest BCUT2D eigenvalue weighted by Crippen LogP contribution is 2.31. The SMILES string of the molecule is O=C(CSc1n[nH]c(-c2ccccc2Br)n1)Nc1ccnn1C1CCCC1. The lowest BCUT2D eigenvalue weighted by Gasteiger charge is -2.14. The first kappa shape index (κ1) is 18.2. The summed E-state index contributed by atoms with van der Waals surface area (Å²) < 4.78 is 2.88. The second-order valence-corrected chi connectivity index (χ2v) is 8.18. The Morgan fingerprint density at radius 3 is 2.93 bits per heavy atom. The van der Waals surface area contributed by atoms with E-state index in [1.807, 2.05) is 35.0 Å². The van der Waals surface area contributed by atoms with Gasteiger partial charge >= 0.3 is 0 Å². The number of nitrogens with one attached hydrogen (secondary N) is 2. The fraction of sp³-hybridized carbons (Fsp3) is 0.333. The summed E-state index contributed by atoms with van der Waals surface area (Å²) in [5.74, 6) is 1.58. The Kier molecular flexibility index (Phi) is 5.58. The smallest absolute Gasteiger partial charge is 0.235 e. The first-order valence-electron chi connectivity index (χ1n) is 8.84. The zero-order valence-corrected chi connectivity index (χ0v) is 17.0. The third kappa shape index (κ3) is 4.24. The average Bonchev–Trinajstić information content (AvgIpc) is 3.42. The Morgan fingerprint density at radius 2 is 2.11 bits per heavy atom. The first-order chi connectivity index (χ1) is 13.2. The first-order valence-corrected chi connectivity index (χ1v) is 10.6. The van der Waals surface area contributed by atoms with Crippen LogP contribution in [-0.2, 0) is 4.79 Å². The van der Waals surface area contributed by atoms with Crippen LogP contribution in [0.3, 0.4) is 0 Å². The van der Waals surface area contributed by atoms with E-state index in [1.165, 1.54) is 24.6 Å². The van der Waals surface area contributed by atoms with Gasteiger partial charge in [0.05, 0.1) is 18.0 Å². The van der Waals surface area contributed by atoms with Crippen molar-refractivity contribution in [2.45, 2.75) is 36.9 Å². The third-order valence-electron chi connectivity index (χ3n) is 4.53. The minimum atomic E-state index is -0.0908. The van der Waals surface area contributed by atoms with Gasteiger partial charge in [0.15, 0.2) is 5.82 Å². The molecule has 1 aromatic carbocycles. The van der Waals surface area contributed by atoms with Crippen LogP contribution in [0.5, 0.6) is 0 Å². The molecule has 1 fully saturated rings. The van der Waals surface area contributed by atoms with Gasteiger partial charge in [-0.3, -0.25) is 9.89 Å². The zero-order valence-electron chi connectivity index (χ0n) is 14.6. The summed E-state index contributed by atoms with van der Waals surface area (Å²) >= 11 is 4.80. The van der Waals surface area contributed by atoms with E-state index >= 15 is 0 Å². The van der Waals surface area contributed by atoms with E-state index in [0.29, 0.717) is 17.0 Å². The maximum atomic E-state index is 12.3. The van der Waals surface area contributed by atoms with Gasteiger partial charge in [-0.05, 0) is 18.9 Å². The normalized spacial score (nSPS) is 14.6. The monoisotopic (exact) mass is 446 g/mol. The third-order valence-corrected chi connectivity index (χ3v) is 6.07. The summed E-state index contributed by atoms with van der Waals surface area (Å²) in [6, 6.07) is 10.0. The number of halogens is 1. The van der Waals surface area contributed by atoms with Crippen LogP contribution in [-0.4, -0.2) is 36.6 Å². The van der Waals surface area contributed by atoms with Crippen molar-refractivity contribution in [3.05, 3.63) is 41.0 Å². The molecule has 1 amide bonds. The van der Waals surface area contributed by atoms with E-state index in [4.69, 9.17) is 0 Å². The number of anilines is 1. The number of aromatic nitrogens is 5. The number of carbonyl (C=O) groups excluding carboxylic acids is 1. The van der Waals surface area contributed by atoms with Gasteiger partial charge in [-0.2, -0.15) is 5.10 Å². The molecule has 0 spiro atoms. The highest BCUT2D eigenvalue weighted by molar-refractivity contribution is 9.10. The summed E-state index contributed by atoms with van der Waals surface area (Å²) in [5, 5.41) is 15.0. The van der Waals surface area contributed by atoms with Crippen molar-refractivity contribution in [1.82, 2.24) is 25.0 Å². The molecule has 7 nitrogen and oxygen atoms in total. The Balaban J connectivity index is 1.35. The Hall–Kier alpha value is -2.13. The quantitative estimate of drug-likeness (QED) is 0.551. The van der Waals surface area contributed by atoms with Gasteiger partial charge < -0.3 is 5.32 Å². The number of rotatable bonds is 6. The lowest BCUT2D eigenvalue weighted by molar-refractivity contribution is -0.113. The fourth-order valence-corrected chi connectivity index (χ4v) is 4.32. The average molecular weight is 447 g/mol. The largest absolute Gasteiger partial charge is 0.310 e. The summed E-state index contributed by atoms with van der Waals surface area (Å²) in [4.78, 5) is 16.8. The van der Waals surface area contributed by atoms with E-state index in [2.05, 4.69) is 41.5 Å². The summed E-state index contributed by atoms with van der Waals surface area (Å²) in [7, 11) is 0. The number of hydrogen-bond donors (Lipinski definition) is 2. The molecule has 9 heteroatoms. The van der Waals surface area contributed by atoms with Gasteiger partial charge in [-0.15, -0.1) is 5.10 Å². The van der Waals surface area contributed by atoms with Crippen LogP contribution in [0.4, 0.5) is 5.82 Å². The van der Waals surface area contributed by atoms with Crippen LogP contribution in [0.25, 0.3) is 11.4 Å². The van der Waals surface area contributed by atoms with E-state index in [0.717, 1.165) is 28.7 Å². The predicted molar refractivity (Wildman–Crippen MR) is 109 cm³/mol. The lowest BCUT2D eigenvalue weighted by atomic mass is 10.2. The van der Waals surface area contributed by atoms with E-state index in [1.54, 1.807) is 6.20 Å². The molecule has 0 atom stereocenters. The van der Waals surface area contributed by atoms with Gasteiger partial charge in [0, 0.05) is 16.1 Å². The second-order valence-electron chi connectivity index (χ2n) is 6.38. The minimum Gasteiger partial charge on any atom is -0.310 e. The molecule has 2 heterocycles. The molecule has 0 bridgehead atoms. The van der Waals surface area contributed by atoms with Crippen LogP contribution in [0, 0.1) is 0 Å². The lowest BCUT2D eigenvalue weighted by Crippen LogP contribution is -2.19. The second kappa shape index (κ2) is 8.26. The van der Waals surface area contributed by atoms with Gasteiger partial charge in [-0.1, -0.05) is 58.7 Å². The number of thioether (sulfide) groups is 1. The van der Waals surface area contributed by atoms with Gasteiger partial charge in [-0.25, -0.2) is 9.67 Å². The van der Waals surface area contributed by atoms with Crippen molar-refractivity contribution in [3.63, 3.8) is 0 Å². The Morgan fingerprint density at radius 1 is 1.30 bits per heavy atom. The van der Waals surface area contributed by atoms with Crippen LogP contribution < -0.4 is 5.32 Å². The van der Waals surface area contributed by atoms with Crippen molar-refractivity contribution in [2.75, 3.05) is 11.1 Å². The summed E-state index contributed by atoms with van der Waals surface area (Å²) in [5.41, 5.74) is 0.932.